The van der Waals surface area contributed by atoms with Crippen LogP contribution >= 0.6 is 11.8 Å². The van der Waals surface area contributed by atoms with Crippen LogP contribution in [0.5, 0.6) is 5.88 Å². The van der Waals surface area contributed by atoms with E-state index in [4.69, 9.17) is 4.74 Å². The molecule has 3 aromatic heterocycles. The molecule has 0 aliphatic carbocycles. The average Bonchev–Trinajstić information content (AvgIpc) is 2.91. The number of aromatic nitrogens is 3. The number of fused-ring (bicyclic) bond motifs is 2. The number of ether oxygens (including phenoxy) is 1. The molecular formula is C24H27N7O3S. The second kappa shape index (κ2) is 10.1. The van der Waals surface area contributed by atoms with E-state index >= 15 is 0 Å². The van der Waals surface area contributed by atoms with E-state index in [-0.39, 0.29) is 11.8 Å². The van der Waals surface area contributed by atoms with Gasteiger partial charge in [0.15, 0.2) is 5.82 Å². The van der Waals surface area contributed by atoms with E-state index < -0.39 is 0 Å². The molecule has 35 heavy (non-hydrogen) atoms. The fourth-order valence-electron chi connectivity index (χ4n) is 4.38. The van der Waals surface area contributed by atoms with E-state index in [1.807, 2.05) is 35.5 Å². The summed E-state index contributed by atoms with van der Waals surface area (Å²) in [6.45, 7) is 3.92. The highest BCUT2D eigenvalue weighted by Gasteiger charge is 2.33. The number of nitrogens with zero attached hydrogens (tertiary/aromatic N) is 6. The fourth-order valence-corrected chi connectivity index (χ4v) is 5.21. The van der Waals surface area contributed by atoms with E-state index in [1.54, 1.807) is 25.2 Å². The van der Waals surface area contributed by atoms with Gasteiger partial charge in [-0.25, -0.2) is 20.0 Å². The van der Waals surface area contributed by atoms with Crippen LogP contribution in [0.4, 0.5) is 5.82 Å². The maximum absolute atomic E-state index is 12.9. The van der Waals surface area contributed by atoms with Gasteiger partial charge in [0.2, 0.25) is 5.88 Å². The summed E-state index contributed by atoms with van der Waals surface area (Å²) in [5, 5.41) is 6.31. The highest BCUT2D eigenvalue weighted by molar-refractivity contribution is 8.00. The lowest BCUT2D eigenvalue weighted by molar-refractivity contribution is -0.120. The van der Waals surface area contributed by atoms with Crippen molar-refractivity contribution in [1.82, 2.24) is 30.2 Å². The molecule has 2 aliphatic heterocycles. The Bertz CT molecular complexity index is 1260. The standard InChI is InChI=1S/C24H27N7O3S/c1-25-24(33)18-3-5-19-23(27-18)31(21(32)15-35-19)30-13-11-29(12-14-30)10-8-16-7-9-26-17-4-6-20(34-2)28-22(16)17/h3-7,9H,8,10-15H2,1-2H3,(H,25,33). The van der Waals surface area contributed by atoms with Gasteiger partial charge < -0.3 is 15.0 Å². The molecule has 0 bridgehead atoms. The highest BCUT2D eigenvalue weighted by Crippen LogP contribution is 2.35. The first-order valence-electron chi connectivity index (χ1n) is 11.5. The maximum Gasteiger partial charge on any atom is 0.269 e. The van der Waals surface area contributed by atoms with Crippen molar-refractivity contribution in [3.63, 3.8) is 0 Å². The molecule has 5 heterocycles. The van der Waals surface area contributed by atoms with Crippen molar-refractivity contribution in [2.24, 2.45) is 0 Å². The predicted molar refractivity (Wildman–Crippen MR) is 134 cm³/mol. The van der Waals surface area contributed by atoms with Gasteiger partial charge >= 0.3 is 0 Å². The molecule has 182 valence electrons. The topological polar surface area (TPSA) is 104 Å². The number of hydrazine groups is 1. The normalized spacial score (nSPS) is 16.9. The first-order valence-corrected chi connectivity index (χ1v) is 12.5. The number of nitrogens with one attached hydrogen (secondary N) is 1. The lowest BCUT2D eigenvalue weighted by Crippen LogP contribution is -2.57. The highest BCUT2D eigenvalue weighted by atomic mass is 32.2. The summed E-state index contributed by atoms with van der Waals surface area (Å²) in [7, 11) is 3.18. The number of pyridine rings is 3. The number of carbonyl (C=O) groups is 2. The number of hydrogen-bond donors (Lipinski definition) is 1. The molecular weight excluding hydrogens is 466 g/mol. The molecule has 2 amide bonds. The van der Waals surface area contributed by atoms with Gasteiger partial charge in [0.25, 0.3) is 11.8 Å². The Balaban J connectivity index is 1.26. The van der Waals surface area contributed by atoms with Crippen molar-refractivity contribution in [3.8, 4) is 5.88 Å². The zero-order chi connectivity index (χ0) is 24.4. The SMILES string of the molecule is CNC(=O)c1ccc2c(n1)N(N1CCN(CCc3ccnc4ccc(OC)nc34)CC1)C(=O)CS2. The molecule has 1 N–H and O–H groups in total. The molecule has 0 atom stereocenters. The smallest absolute Gasteiger partial charge is 0.269 e. The van der Waals surface area contributed by atoms with E-state index in [2.05, 4.69) is 25.2 Å². The van der Waals surface area contributed by atoms with Crippen molar-refractivity contribution in [3.05, 3.63) is 47.8 Å². The van der Waals surface area contributed by atoms with Crippen LogP contribution in [0.2, 0.25) is 0 Å². The quantitative estimate of drug-likeness (QED) is 0.548. The van der Waals surface area contributed by atoms with Crippen molar-refractivity contribution in [1.29, 1.82) is 0 Å². The van der Waals surface area contributed by atoms with Gasteiger partial charge in [-0.3, -0.25) is 14.6 Å². The molecule has 0 saturated carbocycles. The van der Waals surface area contributed by atoms with Gasteiger partial charge in [-0.1, -0.05) is 0 Å². The maximum atomic E-state index is 12.9. The first-order chi connectivity index (χ1) is 17.1. The number of anilines is 1. The third kappa shape index (κ3) is 4.79. The molecule has 1 saturated heterocycles. The summed E-state index contributed by atoms with van der Waals surface area (Å²) in [5.74, 6) is 1.21. The second-order valence-corrected chi connectivity index (χ2v) is 9.35. The summed E-state index contributed by atoms with van der Waals surface area (Å²) in [5.41, 5.74) is 3.17. The van der Waals surface area contributed by atoms with Crippen molar-refractivity contribution < 1.29 is 14.3 Å². The Morgan fingerprint density at radius 1 is 1.11 bits per heavy atom. The predicted octanol–water partition coefficient (Wildman–Crippen LogP) is 1.61. The number of hydrogen-bond acceptors (Lipinski definition) is 9. The van der Waals surface area contributed by atoms with E-state index in [0.717, 1.165) is 47.5 Å². The fraction of sp³-hybridized carbons (Fsp3) is 0.375. The Morgan fingerprint density at radius 3 is 2.71 bits per heavy atom. The minimum atomic E-state index is -0.267. The minimum absolute atomic E-state index is 0.0132. The first kappa shape index (κ1) is 23.5. The molecule has 2 aliphatic rings. The molecule has 3 aromatic rings. The van der Waals surface area contributed by atoms with Crippen LogP contribution in [-0.4, -0.2) is 89.3 Å². The lowest BCUT2D eigenvalue weighted by atomic mass is 10.1. The van der Waals surface area contributed by atoms with Crippen LogP contribution in [0.1, 0.15) is 16.1 Å². The molecule has 11 heteroatoms. The Kier molecular flexibility index (Phi) is 6.80. The minimum Gasteiger partial charge on any atom is -0.481 e. The van der Waals surface area contributed by atoms with Gasteiger partial charge in [-0.15, -0.1) is 11.8 Å². The summed E-state index contributed by atoms with van der Waals surface area (Å²) >= 11 is 1.46. The van der Waals surface area contributed by atoms with Crippen LogP contribution in [-0.2, 0) is 11.2 Å². The van der Waals surface area contributed by atoms with Gasteiger partial charge in [0.05, 0.1) is 28.8 Å². The number of methoxy groups -OCH3 is 1. The number of rotatable bonds is 6. The zero-order valence-corrected chi connectivity index (χ0v) is 20.5. The van der Waals surface area contributed by atoms with Crippen LogP contribution in [0.3, 0.4) is 0 Å². The lowest BCUT2D eigenvalue weighted by Gasteiger charge is -2.42. The number of carbonyl (C=O) groups excluding carboxylic acids is 2. The molecule has 0 radical (unpaired) electrons. The number of piperazine rings is 1. The van der Waals surface area contributed by atoms with E-state index in [0.29, 0.717) is 36.2 Å². The molecule has 0 unspecified atom stereocenters. The van der Waals surface area contributed by atoms with Crippen LogP contribution in [0.15, 0.2) is 41.4 Å². The Hall–Kier alpha value is -3.28. The Labute approximate surface area is 207 Å². The van der Waals surface area contributed by atoms with Crippen molar-refractivity contribution in [2.75, 3.05) is 57.6 Å². The van der Waals surface area contributed by atoms with Crippen LogP contribution in [0.25, 0.3) is 11.0 Å². The van der Waals surface area contributed by atoms with Crippen molar-refractivity contribution >= 4 is 40.4 Å². The number of thioether (sulfide) groups is 1. The molecule has 10 nitrogen and oxygen atoms in total. The largest absolute Gasteiger partial charge is 0.481 e. The average molecular weight is 494 g/mol. The molecule has 1 fully saturated rings. The Morgan fingerprint density at radius 2 is 1.94 bits per heavy atom. The van der Waals surface area contributed by atoms with Gasteiger partial charge in [0, 0.05) is 52.0 Å². The molecule has 0 aromatic carbocycles. The van der Waals surface area contributed by atoms with E-state index in [9.17, 15) is 9.59 Å². The van der Waals surface area contributed by atoms with E-state index in [1.165, 1.54) is 11.8 Å². The summed E-state index contributed by atoms with van der Waals surface area (Å²) < 4.78 is 5.29. The summed E-state index contributed by atoms with van der Waals surface area (Å²) in [6, 6.07) is 9.34. The summed E-state index contributed by atoms with van der Waals surface area (Å²) in [4.78, 5) is 41.8. The van der Waals surface area contributed by atoms with Crippen LogP contribution < -0.4 is 15.1 Å². The third-order valence-electron chi connectivity index (χ3n) is 6.27. The van der Waals surface area contributed by atoms with Crippen LogP contribution in [0, 0.1) is 0 Å². The monoisotopic (exact) mass is 493 g/mol. The van der Waals surface area contributed by atoms with Gasteiger partial charge in [-0.2, -0.15) is 0 Å². The third-order valence-corrected chi connectivity index (χ3v) is 7.29. The molecule has 0 spiro atoms. The number of amides is 2. The summed E-state index contributed by atoms with van der Waals surface area (Å²) in [6.07, 6.45) is 2.67. The van der Waals surface area contributed by atoms with Crippen molar-refractivity contribution in [2.45, 2.75) is 11.3 Å². The van der Waals surface area contributed by atoms with Gasteiger partial charge in [0.1, 0.15) is 5.69 Å². The van der Waals surface area contributed by atoms with Gasteiger partial charge in [-0.05, 0) is 36.2 Å². The second-order valence-electron chi connectivity index (χ2n) is 8.33. The zero-order valence-electron chi connectivity index (χ0n) is 19.7. The molecule has 5 rings (SSSR count).